The van der Waals surface area contributed by atoms with Gasteiger partial charge in [-0.2, -0.15) is 0 Å². The fourth-order valence-corrected chi connectivity index (χ4v) is 2.08. The minimum atomic E-state index is -0.826. The number of aryl methyl sites for hydroxylation is 1. The molecule has 0 aliphatic rings. The summed E-state index contributed by atoms with van der Waals surface area (Å²) in [6.07, 6.45) is 4.27. The van der Waals surface area contributed by atoms with Crippen LogP contribution in [-0.2, 0) is 5.54 Å². The first-order valence-corrected chi connectivity index (χ1v) is 7.09. The minimum Gasteiger partial charge on any atom is -0.492 e. The summed E-state index contributed by atoms with van der Waals surface area (Å²) in [5.74, 6) is 0.425. The normalized spacial score (nSPS) is 13.8. The highest BCUT2D eigenvalue weighted by molar-refractivity contribution is 5.39. The fourth-order valence-electron chi connectivity index (χ4n) is 2.08. The number of aromatic nitrogens is 1. The van der Waals surface area contributed by atoms with E-state index in [0.29, 0.717) is 23.5 Å². The van der Waals surface area contributed by atoms with E-state index in [-0.39, 0.29) is 5.82 Å². The van der Waals surface area contributed by atoms with Gasteiger partial charge in [0.25, 0.3) is 0 Å². The maximum Gasteiger partial charge on any atom is 0.137 e. The molecule has 0 aliphatic heterocycles. The summed E-state index contributed by atoms with van der Waals surface area (Å²) < 4.78 is 19.4. The zero-order chi connectivity index (χ0) is 15.5. The fraction of sp³-hybridized carbons (Fsp3) is 0.353. The number of nitrogens with zero attached hydrogens (tertiary/aromatic N) is 1. The lowest BCUT2D eigenvalue weighted by atomic mass is 9.86. The standard InChI is InChI=1S/C17H21FN2O/c1-4-7-21-15-8-14(10-20-11-15)17(3,19)13-6-5-12(2)16(18)9-13/h5-6,8-11H,4,7,19H2,1-3H3. The summed E-state index contributed by atoms with van der Waals surface area (Å²) >= 11 is 0. The van der Waals surface area contributed by atoms with Crippen LogP contribution in [0, 0.1) is 12.7 Å². The van der Waals surface area contributed by atoms with Crippen molar-refractivity contribution in [2.75, 3.05) is 6.61 Å². The maximum atomic E-state index is 13.8. The molecule has 1 unspecified atom stereocenters. The van der Waals surface area contributed by atoms with Gasteiger partial charge in [-0.1, -0.05) is 19.1 Å². The van der Waals surface area contributed by atoms with Crippen LogP contribution in [0.15, 0.2) is 36.7 Å². The Kier molecular flexibility index (Phi) is 4.58. The van der Waals surface area contributed by atoms with E-state index in [1.807, 2.05) is 26.0 Å². The van der Waals surface area contributed by atoms with E-state index in [2.05, 4.69) is 4.98 Å². The van der Waals surface area contributed by atoms with Gasteiger partial charge in [-0.15, -0.1) is 0 Å². The molecule has 0 bridgehead atoms. The molecule has 1 heterocycles. The molecule has 0 saturated heterocycles. The number of nitrogens with two attached hydrogens (primary N) is 1. The van der Waals surface area contributed by atoms with Crippen molar-refractivity contribution in [2.45, 2.75) is 32.7 Å². The van der Waals surface area contributed by atoms with Gasteiger partial charge in [-0.3, -0.25) is 4.98 Å². The topological polar surface area (TPSA) is 48.1 Å². The van der Waals surface area contributed by atoms with E-state index in [1.54, 1.807) is 25.4 Å². The molecule has 112 valence electrons. The van der Waals surface area contributed by atoms with Gasteiger partial charge in [0.2, 0.25) is 0 Å². The Hall–Kier alpha value is -1.94. The van der Waals surface area contributed by atoms with E-state index in [9.17, 15) is 4.39 Å². The first kappa shape index (κ1) is 15.4. The van der Waals surface area contributed by atoms with E-state index < -0.39 is 5.54 Å². The third-order valence-electron chi connectivity index (χ3n) is 3.56. The largest absolute Gasteiger partial charge is 0.492 e. The van der Waals surface area contributed by atoms with E-state index in [4.69, 9.17) is 10.5 Å². The molecule has 0 fully saturated rings. The lowest BCUT2D eigenvalue weighted by Crippen LogP contribution is -2.34. The number of ether oxygens (including phenoxy) is 1. The molecule has 1 aromatic carbocycles. The lowest BCUT2D eigenvalue weighted by molar-refractivity contribution is 0.315. The molecule has 1 aromatic heterocycles. The Bertz CT molecular complexity index is 626. The van der Waals surface area contributed by atoms with Crippen molar-refractivity contribution in [1.29, 1.82) is 0 Å². The molecule has 0 aliphatic carbocycles. The van der Waals surface area contributed by atoms with Gasteiger partial charge in [-0.25, -0.2) is 4.39 Å². The molecule has 0 radical (unpaired) electrons. The summed E-state index contributed by atoms with van der Waals surface area (Å²) in [7, 11) is 0. The molecule has 0 spiro atoms. The smallest absolute Gasteiger partial charge is 0.137 e. The molecule has 3 nitrogen and oxygen atoms in total. The summed E-state index contributed by atoms with van der Waals surface area (Å²) in [6.45, 7) is 6.25. The molecule has 2 rings (SSSR count). The second-order valence-electron chi connectivity index (χ2n) is 5.42. The van der Waals surface area contributed by atoms with E-state index >= 15 is 0 Å². The molecular weight excluding hydrogens is 267 g/mol. The van der Waals surface area contributed by atoms with Crippen molar-refractivity contribution in [3.63, 3.8) is 0 Å². The second-order valence-corrected chi connectivity index (χ2v) is 5.42. The lowest BCUT2D eigenvalue weighted by Gasteiger charge is -2.26. The SMILES string of the molecule is CCCOc1cncc(C(C)(N)c2ccc(C)c(F)c2)c1. The quantitative estimate of drug-likeness (QED) is 0.915. The highest BCUT2D eigenvalue weighted by Crippen LogP contribution is 2.29. The van der Waals surface area contributed by atoms with E-state index in [0.717, 1.165) is 12.0 Å². The number of pyridine rings is 1. The molecule has 0 amide bonds. The van der Waals surface area contributed by atoms with Gasteiger partial charge in [0.05, 0.1) is 18.3 Å². The number of halogens is 1. The van der Waals surface area contributed by atoms with Crippen molar-refractivity contribution in [1.82, 2.24) is 4.98 Å². The average molecular weight is 288 g/mol. The third kappa shape index (κ3) is 3.39. The van der Waals surface area contributed by atoms with Gasteiger partial charge in [-0.05, 0) is 49.1 Å². The Morgan fingerprint density at radius 3 is 2.67 bits per heavy atom. The van der Waals surface area contributed by atoms with Crippen LogP contribution in [0.3, 0.4) is 0 Å². The van der Waals surface area contributed by atoms with Crippen molar-refractivity contribution >= 4 is 0 Å². The van der Waals surface area contributed by atoms with E-state index in [1.165, 1.54) is 6.07 Å². The third-order valence-corrected chi connectivity index (χ3v) is 3.56. The zero-order valence-electron chi connectivity index (χ0n) is 12.7. The number of benzene rings is 1. The average Bonchev–Trinajstić information content (AvgIpc) is 2.48. The summed E-state index contributed by atoms with van der Waals surface area (Å²) in [5, 5.41) is 0. The van der Waals surface area contributed by atoms with Crippen LogP contribution in [-0.4, -0.2) is 11.6 Å². The van der Waals surface area contributed by atoms with Gasteiger partial charge in [0.15, 0.2) is 0 Å². The van der Waals surface area contributed by atoms with Gasteiger partial charge in [0.1, 0.15) is 11.6 Å². The van der Waals surface area contributed by atoms with Crippen molar-refractivity contribution in [3.05, 3.63) is 59.2 Å². The number of hydrogen-bond acceptors (Lipinski definition) is 3. The Balaban J connectivity index is 2.35. The van der Waals surface area contributed by atoms with Crippen LogP contribution in [0.5, 0.6) is 5.75 Å². The van der Waals surface area contributed by atoms with Crippen LogP contribution < -0.4 is 10.5 Å². The highest BCUT2D eigenvalue weighted by atomic mass is 19.1. The van der Waals surface area contributed by atoms with Crippen LogP contribution in [0.2, 0.25) is 0 Å². The molecular formula is C17H21FN2O. The van der Waals surface area contributed by atoms with Crippen LogP contribution in [0.25, 0.3) is 0 Å². The van der Waals surface area contributed by atoms with Gasteiger partial charge < -0.3 is 10.5 Å². The predicted molar refractivity (Wildman–Crippen MR) is 81.8 cm³/mol. The maximum absolute atomic E-state index is 13.8. The molecule has 0 saturated carbocycles. The summed E-state index contributed by atoms with van der Waals surface area (Å²) in [5.41, 5.74) is 7.69. The summed E-state index contributed by atoms with van der Waals surface area (Å²) in [4.78, 5) is 4.17. The van der Waals surface area contributed by atoms with Gasteiger partial charge in [0, 0.05) is 6.20 Å². The molecule has 2 N–H and O–H groups in total. The van der Waals surface area contributed by atoms with Gasteiger partial charge >= 0.3 is 0 Å². The second kappa shape index (κ2) is 6.22. The Morgan fingerprint density at radius 2 is 2.00 bits per heavy atom. The highest BCUT2D eigenvalue weighted by Gasteiger charge is 2.25. The van der Waals surface area contributed by atoms with Crippen LogP contribution in [0.1, 0.15) is 37.0 Å². The predicted octanol–water partition coefficient (Wildman–Crippen LogP) is 3.54. The van der Waals surface area contributed by atoms with Crippen LogP contribution >= 0.6 is 0 Å². The van der Waals surface area contributed by atoms with Crippen molar-refractivity contribution in [2.24, 2.45) is 5.73 Å². The first-order valence-electron chi connectivity index (χ1n) is 7.09. The Labute approximate surface area is 125 Å². The molecule has 21 heavy (non-hydrogen) atoms. The van der Waals surface area contributed by atoms with Crippen molar-refractivity contribution in [3.8, 4) is 5.75 Å². The number of hydrogen-bond donors (Lipinski definition) is 1. The molecule has 2 aromatic rings. The first-order chi connectivity index (χ1) is 9.95. The Morgan fingerprint density at radius 1 is 1.24 bits per heavy atom. The zero-order valence-corrected chi connectivity index (χ0v) is 12.7. The summed E-state index contributed by atoms with van der Waals surface area (Å²) in [6, 6.07) is 6.92. The van der Waals surface area contributed by atoms with Crippen LogP contribution in [0.4, 0.5) is 4.39 Å². The van der Waals surface area contributed by atoms with Crippen molar-refractivity contribution < 1.29 is 9.13 Å². The molecule has 4 heteroatoms. The minimum absolute atomic E-state index is 0.254. The molecule has 1 atom stereocenters. The monoisotopic (exact) mass is 288 g/mol. The number of rotatable bonds is 5.